The number of hydrogen-bond acceptors (Lipinski definition) is 4. The van der Waals surface area contributed by atoms with Crippen LogP contribution >= 0.6 is 0 Å². The molecule has 2 aromatic carbocycles. The molecule has 2 N–H and O–H groups in total. The van der Waals surface area contributed by atoms with Gasteiger partial charge in [0, 0.05) is 31.2 Å². The maximum Gasteiger partial charge on any atom is 0.319 e. The van der Waals surface area contributed by atoms with Crippen molar-refractivity contribution in [2.75, 3.05) is 11.9 Å². The molecule has 0 atom stereocenters. The first kappa shape index (κ1) is 20.0. The van der Waals surface area contributed by atoms with Gasteiger partial charge in [-0.15, -0.1) is 0 Å². The van der Waals surface area contributed by atoms with E-state index in [9.17, 15) is 4.79 Å². The van der Waals surface area contributed by atoms with Crippen molar-refractivity contribution in [2.24, 2.45) is 0 Å². The predicted molar refractivity (Wildman–Crippen MR) is 110 cm³/mol. The molecule has 7 nitrogen and oxygen atoms in total. The number of nitrogens with one attached hydrogen (secondary N) is 2. The lowest BCUT2D eigenvalue weighted by molar-refractivity contribution is 0.252. The molecule has 0 bridgehead atoms. The summed E-state index contributed by atoms with van der Waals surface area (Å²) < 4.78 is 7.75. The summed E-state index contributed by atoms with van der Waals surface area (Å²) in [4.78, 5) is 16.0. The summed E-state index contributed by atoms with van der Waals surface area (Å²) in [5.41, 5.74) is 2.62. The largest absolute Gasteiger partial charge is 0.489 e. The summed E-state index contributed by atoms with van der Waals surface area (Å²) in [6.45, 7) is 1.78. The van der Waals surface area contributed by atoms with Gasteiger partial charge in [-0.05, 0) is 41.8 Å². The second-order valence-electron chi connectivity index (χ2n) is 6.50. The second kappa shape index (κ2) is 10.5. The molecule has 0 spiro atoms. The third-order valence-corrected chi connectivity index (χ3v) is 4.23. The zero-order valence-corrected chi connectivity index (χ0v) is 16.0. The van der Waals surface area contributed by atoms with Crippen molar-refractivity contribution in [2.45, 2.75) is 26.0 Å². The molecule has 0 fully saturated rings. The van der Waals surface area contributed by atoms with E-state index in [2.05, 4.69) is 21.7 Å². The number of urea groups is 1. The van der Waals surface area contributed by atoms with E-state index in [1.165, 1.54) is 0 Å². The Kier molecular flexibility index (Phi) is 7.24. The first-order valence-electron chi connectivity index (χ1n) is 9.41. The average molecular weight is 389 g/mol. The minimum absolute atomic E-state index is 0.234. The third-order valence-electron chi connectivity index (χ3n) is 4.23. The number of benzene rings is 2. The fraction of sp³-hybridized carbons (Fsp3) is 0.227. The molecule has 7 heteroatoms. The number of aromatic nitrogens is 2. The quantitative estimate of drug-likeness (QED) is 0.545. The highest BCUT2D eigenvalue weighted by molar-refractivity contribution is 5.89. The van der Waals surface area contributed by atoms with Crippen LogP contribution in [-0.4, -0.2) is 22.1 Å². The van der Waals surface area contributed by atoms with Crippen molar-refractivity contribution in [3.63, 3.8) is 0 Å². The average Bonchev–Trinajstić information content (AvgIpc) is 3.25. The van der Waals surface area contributed by atoms with Gasteiger partial charge in [0.05, 0.1) is 18.8 Å². The molecule has 1 aromatic heterocycles. The van der Waals surface area contributed by atoms with Crippen LogP contribution < -0.4 is 15.4 Å². The highest BCUT2D eigenvalue weighted by Gasteiger charge is 2.03. The van der Waals surface area contributed by atoms with Crippen LogP contribution in [0.15, 0.2) is 67.3 Å². The SMILES string of the molecule is N#CCc1ccc(OCc2cccc(NC(=O)NCCCn3ccnc3)c2)cc1. The lowest BCUT2D eigenvalue weighted by Crippen LogP contribution is -2.30. The van der Waals surface area contributed by atoms with Crippen molar-refractivity contribution in [1.82, 2.24) is 14.9 Å². The molecule has 2 amide bonds. The van der Waals surface area contributed by atoms with Crippen LogP contribution in [0.1, 0.15) is 17.5 Å². The van der Waals surface area contributed by atoms with Crippen LogP contribution in [-0.2, 0) is 19.6 Å². The van der Waals surface area contributed by atoms with Crippen LogP contribution in [0, 0.1) is 11.3 Å². The van der Waals surface area contributed by atoms with E-state index in [0.29, 0.717) is 25.3 Å². The van der Waals surface area contributed by atoms with Crippen molar-refractivity contribution in [3.05, 3.63) is 78.4 Å². The van der Waals surface area contributed by atoms with E-state index >= 15 is 0 Å². The minimum Gasteiger partial charge on any atom is -0.489 e. The second-order valence-corrected chi connectivity index (χ2v) is 6.50. The standard InChI is InChI=1S/C22H23N5O2/c23-10-9-18-5-7-21(8-6-18)29-16-19-3-1-4-20(15-19)26-22(28)25-11-2-13-27-14-12-24-17-27/h1,3-8,12,14-15,17H,2,9,11,13,16H2,(H2,25,26,28). The minimum atomic E-state index is -0.234. The van der Waals surface area contributed by atoms with Gasteiger partial charge in [0.1, 0.15) is 12.4 Å². The molecule has 0 radical (unpaired) electrons. The Hall–Kier alpha value is -3.79. The van der Waals surface area contributed by atoms with Crippen molar-refractivity contribution >= 4 is 11.7 Å². The van der Waals surface area contributed by atoms with Gasteiger partial charge in [-0.1, -0.05) is 24.3 Å². The predicted octanol–water partition coefficient (Wildman–Crippen LogP) is 3.74. The number of carbonyl (C=O) groups is 1. The van der Waals surface area contributed by atoms with Crippen LogP contribution in [0.4, 0.5) is 10.5 Å². The van der Waals surface area contributed by atoms with Gasteiger partial charge in [-0.3, -0.25) is 0 Å². The summed E-state index contributed by atoms with van der Waals surface area (Å²) in [7, 11) is 0. The maximum absolute atomic E-state index is 12.1. The monoisotopic (exact) mass is 389 g/mol. The first-order chi connectivity index (χ1) is 14.2. The summed E-state index contributed by atoms with van der Waals surface area (Å²) in [5, 5.41) is 14.4. The summed E-state index contributed by atoms with van der Waals surface area (Å²) in [6, 6.07) is 16.9. The van der Waals surface area contributed by atoms with Gasteiger partial charge in [-0.2, -0.15) is 5.26 Å². The van der Waals surface area contributed by atoms with Crippen LogP contribution in [0.2, 0.25) is 0 Å². The number of nitriles is 1. The van der Waals surface area contributed by atoms with Gasteiger partial charge in [0.25, 0.3) is 0 Å². The Balaban J connectivity index is 1.42. The Labute approximate surface area is 170 Å². The number of rotatable bonds is 9. The van der Waals surface area contributed by atoms with Gasteiger partial charge >= 0.3 is 6.03 Å². The zero-order chi connectivity index (χ0) is 20.3. The Morgan fingerprint density at radius 1 is 1.17 bits per heavy atom. The molecule has 0 aliphatic rings. The van der Waals surface area contributed by atoms with Gasteiger partial charge in [-0.25, -0.2) is 9.78 Å². The van der Waals surface area contributed by atoms with E-state index in [4.69, 9.17) is 10.00 Å². The van der Waals surface area contributed by atoms with E-state index in [-0.39, 0.29) is 6.03 Å². The van der Waals surface area contributed by atoms with E-state index in [1.54, 1.807) is 12.5 Å². The van der Waals surface area contributed by atoms with Gasteiger partial charge in [0.15, 0.2) is 0 Å². The molecule has 0 aliphatic heterocycles. The Morgan fingerprint density at radius 2 is 2.03 bits per heavy atom. The molecule has 0 unspecified atom stereocenters. The van der Waals surface area contributed by atoms with Crippen LogP contribution in [0.5, 0.6) is 5.75 Å². The topological polar surface area (TPSA) is 92.0 Å². The molecule has 0 aliphatic carbocycles. The number of carbonyl (C=O) groups excluding carboxylic acids is 1. The number of aryl methyl sites for hydroxylation is 1. The molecule has 3 rings (SSSR count). The molecular formula is C22H23N5O2. The highest BCUT2D eigenvalue weighted by Crippen LogP contribution is 2.16. The normalized spacial score (nSPS) is 10.2. The molecule has 1 heterocycles. The summed E-state index contributed by atoms with van der Waals surface area (Å²) in [5.74, 6) is 0.737. The van der Waals surface area contributed by atoms with E-state index in [0.717, 1.165) is 29.8 Å². The highest BCUT2D eigenvalue weighted by atomic mass is 16.5. The number of ether oxygens (including phenoxy) is 1. The van der Waals surface area contributed by atoms with Gasteiger partial charge in [0.2, 0.25) is 0 Å². The molecular weight excluding hydrogens is 366 g/mol. The fourth-order valence-electron chi connectivity index (χ4n) is 2.76. The van der Waals surface area contributed by atoms with Crippen LogP contribution in [0.3, 0.4) is 0 Å². The lowest BCUT2D eigenvalue weighted by atomic mass is 10.1. The van der Waals surface area contributed by atoms with Crippen molar-refractivity contribution < 1.29 is 9.53 Å². The van der Waals surface area contributed by atoms with E-state index < -0.39 is 0 Å². The molecule has 3 aromatic rings. The number of anilines is 1. The fourth-order valence-corrected chi connectivity index (χ4v) is 2.76. The first-order valence-corrected chi connectivity index (χ1v) is 9.41. The number of nitrogens with zero attached hydrogens (tertiary/aromatic N) is 3. The number of hydrogen-bond donors (Lipinski definition) is 2. The van der Waals surface area contributed by atoms with Crippen molar-refractivity contribution in [3.8, 4) is 11.8 Å². The third kappa shape index (κ3) is 6.70. The van der Waals surface area contributed by atoms with E-state index in [1.807, 2.05) is 59.3 Å². The Morgan fingerprint density at radius 3 is 2.79 bits per heavy atom. The molecule has 29 heavy (non-hydrogen) atoms. The molecule has 0 saturated carbocycles. The number of imidazole rings is 1. The summed E-state index contributed by atoms with van der Waals surface area (Å²) in [6.07, 6.45) is 6.60. The number of amides is 2. The maximum atomic E-state index is 12.1. The summed E-state index contributed by atoms with van der Waals surface area (Å²) >= 11 is 0. The molecule has 148 valence electrons. The van der Waals surface area contributed by atoms with Crippen LogP contribution in [0.25, 0.3) is 0 Å². The smallest absolute Gasteiger partial charge is 0.319 e. The zero-order valence-electron chi connectivity index (χ0n) is 16.0. The lowest BCUT2D eigenvalue weighted by Gasteiger charge is -2.10. The van der Waals surface area contributed by atoms with Crippen molar-refractivity contribution in [1.29, 1.82) is 5.26 Å². The Bertz CT molecular complexity index is 946. The van der Waals surface area contributed by atoms with Gasteiger partial charge < -0.3 is 19.9 Å². The molecule has 0 saturated heterocycles.